The van der Waals surface area contributed by atoms with Crippen molar-refractivity contribution >= 4 is 23.2 Å². The summed E-state index contributed by atoms with van der Waals surface area (Å²) in [6.45, 7) is 0.868. The van der Waals surface area contributed by atoms with Crippen LogP contribution in [0.15, 0.2) is 47.2 Å². The number of hydrogen-bond acceptors (Lipinski definition) is 4. The molecular weight excluding hydrogens is 322 g/mol. The van der Waals surface area contributed by atoms with Crippen LogP contribution >= 0.6 is 11.3 Å². The van der Waals surface area contributed by atoms with Gasteiger partial charge in [-0.3, -0.25) is 9.59 Å². The summed E-state index contributed by atoms with van der Waals surface area (Å²) in [5, 5.41) is 9.34. The number of rotatable bonds is 8. The van der Waals surface area contributed by atoms with Gasteiger partial charge in [-0.2, -0.15) is 11.3 Å². The second-order valence-corrected chi connectivity index (χ2v) is 6.49. The second-order valence-electron chi connectivity index (χ2n) is 5.71. The molecule has 0 radical (unpaired) electrons. The van der Waals surface area contributed by atoms with Crippen LogP contribution in [-0.4, -0.2) is 43.9 Å². The molecule has 2 rings (SSSR count). The average Bonchev–Trinajstić information content (AvgIpc) is 3.10. The van der Waals surface area contributed by atoms with Crippen LogP contribution in [0.2, 0.25) is 0 Å². The Hall–Kier alpha value is -2.18. The Balaban J connectivity index is 1.74. The molecule has 1 heterocycles. The van der Waals surface area contributed by atoms with E-state index in [4.69, 9.17) is 0 Å². The number of carbonyl (C=O) groups excluding carboxylic acids is 2. The molecule has 5 nitrogen and oxygen atoms in total. The van der Waals surface area contributed by atoms with Crippen LogP contribution in [0.25, 0.3) is 0 Å². The van der Waals surface area contributed by atoms with Gasteiger partial charge in [0, 0.05) is 30.5 Å². The minimum absolute atomic E-state index is 0.0663. The molecule has 2 aromatic rings. The first-order valence-corrected chi connectivity index (χ1v) is 8.80. The molecule has 0 aliphatic rings. The fourth-order valence-electron chi connectivity index (χ4n) is 2.36. The van der Waals surface area contributed by atoms with Crippen LogP contribution in [-0.2, 0) is 4.79 Å². The Morgan fingerprint density at radius 1 is 1.12 bits per heavy atom. The highest BCUT2D eigenvalue weighted by molar-refractivity contribution is 7.08. The molecule has 24 heavy (non-hydrogen) atoms. The van der Waals surface area contributed by atoms with Crippen LogP contribution in [0.5, 0.6) is 0 Å². The minimum atomic E-state index is -0.139. The highest BCUT2D eigenvalue weighted by atomic mass is 32.1. The summed E-state index contributed by atoms with van der Waals surface area (Å²) in [4.78, 5) is 25.9. The van der Waals surface area contributed by atoms with E-state index >= 15 is 0 Å². The number of amides is 2. The van der Waals surface area contributed by atoms with Gasteiger partial charge in [-0.15, -0.1) is 0 Å². The van der Waals surface area contributed by atoms with Crippen LogP contribution in [0.1, 0.15) is 28.4 Å². The van der Waals surface area contributed by atoms with E-state index in [-0.39, 0.29) is 24.3 Å². The smallest absolute Gasteiger partial charge is 0.252 e. The molecule has 1 unspecified atom stereocenters. The Morgan fingerprint density at radius 3 is 2.50 bits per heavy atom. The molecule has 0 saturated carbocycles. The van der Waals surface area contributed by atoms with E-state index in [2.05, 4.69) is 27.7 Å². The number of carbonyl (C=O) groups is 2. The van der Waals surface area contributed by atoms with Gasteiger partial charge in [0.2, 0.25) is 5.91 Å². The average molecular weight is 345 g/mol. The van der Waals surface area contributed by atoms with Gasteiger partial charge in [-0.25, -0.2) is 0 Å². The van der Waals surface area contributed by atoms with Crippen molar-refractivity contribution in [2.75, 3.05) is 27.2 Å². The molecular formula is C18H23N3O2S. The van der Waals surface area contributed by atoms with Crippen molar-refractivity contribution in [2.24, 2.45) is 0 Å². The summed E-state index contributed by atoms with van der Waals surface area (Å²) < 4.78 is 0. The first-order chi connectivity index (χ1) is 11.6. The lowest BCUT2D eigenvalue weighted by Crippen LogP contribution is -2.36. The monoisotopic (exact) mass is 345 g/mol. The van der Waals surface area contributed by atoms with Crippen molar-refractivity contribution in [2.45, 2.75) is 12.5 Å². The van der Waals surface area contributed by atoms with Crippen molar-refractivity contribution < 1.29 is 9.59 Å². The van der Waals surface area contributed by atoms with E-state index < -0.39 is 0 Å². The topological polar surface area (TPSA) is 61.4 Å². The Morgan fingerprint density at radius 2 is 1.88 bits per heavy atom. The van der Waals surface area contributed by atoms with Crippen molar-refractivity contribution in [1.29, 1.82) is 0 Å². The molecule has 0 aliphatic heterocycles. The fraction of sp³-hybridized carbons (Fsp3) is 0.333. The summed E-state index contributed by atoms with van der Waals surface area (Å²) >= 11 is 1.47. The Bertz CT molecular complexity index is 642. The fourth-order valence-corrected chi connectivity index (χ4v) is 2.99. The maximum absolute atomic E-state index is 12.0. The number of nitrogens with one attached hydrogen (secondary N) is 2. The largest absolute Gasteiger partial charge is 0.354 e. The van der Waals surface area contributed by atoms with Gasteiger partial charge in [-0.1, -0.05) is 30.3 Å². The van der Waals surface area contributed by atoms with Gasteiger partial charge in [-0.05, 0) is 31.1 Å². The zero-order valence-corrected chi connectivity index (χ0v) is 14.8. The lowest BCUT2D eigenvalue weighted by Gasteiger charge is -2.25. The van der Waals surface area contributed by atoms with Gasteiger partial charge in [0.1, 0.15) is 0 Å². The molecule has 128 valence electrons. The normalized spacial score (nSPS) is 12.0. The molecule has 2 N–H and O–H groups in total. The van der Waals surface area contributed by atoms with Crippen molar-refractivity contribution in [3.05, 3.63) is 58.3 Å². The summed E-state index contributed by atoms with van der Waals surface area (Å²) in [6.07, 6.45) is 0.269. The van der Waals surface area contributed by atoms with Crippen molar-refractivity contribution in [3.8, 4) is 0 Å². The van der Waals surface area contributed by atoms with Crippen molar-refractivity contribution in [3.63, 3.8) is 0 Å². The highest BCUT2D eigenvalue weighted by Crippen LogP contribution is 2.16. The number of likely N-dealkylation sites (N-methyl/N-ethyl adjacent to an activating group) is 1. The van der Waals surface area contributed by atoms with Gasteiger partial charge >= 0.3 is 0 Å². The van der Waals surface area contributed by atoms with E-state index in [9.17, 15) is 9.59 Å². The zero-order chi connectivity index (χ0) is 17.4. The SMILES string of the molecule is CN(C)C(CNC(=O)CCNC(=O)c1ccsc1)c1ccccc1. The maximum atomic E-state index is 12.0. The number of thiophene rings is 1. The van der Waals surface area contributed by atoms with Gasteiger partial charge in [0.25, 0.3) is 5.91 Å². The molecule has 1 aromatic carbocycles. The first-order valence-electron chi connectivity index (χ1n) is 7.86. The summed E-state index contributed by atoms with van der Waals surface area (Å²) in [5.74, 6) is -0.206. The third-order valence-corrected chi connectivity index (χ3v) is 4.40. The number of hydrogen-bond donors (Lipinski definition) is 2. The van der Waals surface area contributed by atoms with Gasteiger partial charge in [0.05, 0.1) is 6.04 Å². The minimum Gasteiger partial charge on any atom is -0.354 e. The summed E-state index contributed by atoms with van der Waals surface area (Å²) in [6, 6.07) is 12.0. The second kappa shape index (κ2) is 9.20. The van der Waals surface area contributed by atoms with E-state index in [0.29, 0.717) is 18.7 Å². The number of nitrogens with zero attached hydrogens (tertiary/aromatic N) is 1. The number of benzene rings is 1. The molecule has 0 aliphatic carbocycles. The van der Waals surface area contributed by atoms with Crippen LogP contribution in [0.3, 0.4) is 0 Å². The highest BCUT2D eigenvalue weighted by Gasteiger charge is 2.15. The van der Waals surface area contributed by atoms with E-state index in [1.54, 1.807) is 11.4 Å². The lowest BCUT2D eigenvalue weighted by molar-refractivity contribution is -0.121. The molecule has 0 spiro atoms. The quantitative estimate of drug-likeness (QED) is 0.772. The van der Waals surface area contributed by atoms with Gasteiger partial charge < -0.3 is 15.5 Å². The van der Waals surface area contributed by atoms with Crippen LogP contribution < -0.4 is 10.6 Å². The van der Waals surface area contributed by atoms with Gasteiger partial charge in [0.15, 0.2) is 0 Å². The Labute approximate surface area is 146 Å². The van der Waals surface area contributed by atoms with Crippen molar-refractivity contribution in [1.82, 2.24) is 15.5 Å². The predicted molar refractivity (Wildman–Crippen MR) is 97.1 cm³/mol. The molecule has 0 fully saturated rings. The third kappa shape index (κ3) is 5.47. The maximum Gasteiger partial charge on any atom is 0.252 e. The standard InChI is InChI=1S/C18H23N3O2S/c1-21(2)16(14-6-4-3-5-7-14)12-20-17(22)8-10-19-18(23)15-9-11-24-13-15/h3-7,9,11,13,16H,8,10,12H2,1-2H3,(H,19,23)(H,20,22). The summed E-state index contributed by atoms with van der Waals surface area (Å²) in [5.41, 5.74) is 1.80. The van der Waals surface area contributed by atoms with E-state index in [1.807, 2.05) is 37.7 Å². The molecule has 1 aromatic heterocycles. The first kappa shape index (κ1) is 18.2. The lowest BCUT2D eigenvalue weighted by atomic mass is 10.1. The van der Waals surface area contributed by atoms with E-state index in [1.165, 1.54) is 11.3 Å². The Kier molecular flexibility index (Phi) is 6.96. The molecule has 1 atom stereocenters. The van der Waals surface area contributed by atoms with E-state index in [0.717, 1.165) is 5.56 Å². The molecule has 6 heteroatoms. The molecule has 0 saturated heterocycles. The summed E-state index contributed by atoms with van der Waals surface area (Å²) in [7, 11) is 3.98. The van der Waals surface area contributed by atoms with Crippen LogP contribution in [0.4, 0.5) is 0 Å². The third-order valence-electron chi connectivity index (χ3n) is 3.72. The molecule has 0 bridgehead atoms. The van der Waals surface area contributed by atoms with Crippen LogP contribution in [0, 0.1) is 0 Å². The predicted octanol–water partition coefficient (Wildman–Crippen LogP) is 2.29. The molecule has 2 amide bonds. The zero-order valence-electron chi connectivity index (χ0n) is 14.0.